The molecule has 1 aromatic carbocycles. The zero-order chi connectivity index (χ0) is 16.8. The van der Waals surface area contributed by atoms with Crippen molar-refractivity contribution in [2.45, 2.75) is 19.3 Å². The molecule has 120 valence electrons. The summed E-state index contributed by atoms with van der Waals surface area (Å²) in [5.74, 6) is -0.366. The molecule has 1 atom stereocenters. The van der Waals surface area contributed by atoms with Crippen molar-refractivity contribution in [1.29, 1.82) is 0 Å². The maximum Gasteiger partial charge on any atom is 0.286 e. The van der Waals surface area contributed by atoms with E-state index < -0.39 is 16.4 Å². The standard InChI is InChI=1S/C16H17N3O4/c1-11(12-5-3-2-4-6-12)7-8-17-15(20)14-9-13(19(22)23)10-18-16(14)21/h2-6,9-11H,7-8H2,1H3,(H,17,20)(H,18,21). The number of aromatic amines is 1. The van der Waals surface area contributed by atoms with Gasteiger partial charge >= 0.3 is 0 Å². The number of nitrogens with one attached hydrogen (secondary N) is 2. The molecule has 0 bridgehead atoms. The number of amides is 1. The highest BCUT2D eigenvalue weighted by molar-refractivity contribution is 5.94. The van der Waals surface area contributed by atoms with E-state index in [1.54, 1.807) is 0 Å². The Hall–Kier alpha value is -2.96. The molecule has 2 N–H and O–H groups in total. The Balaban J connectivity index is 1.96. The predicted molar refractivity (Wildman–Crippen MR) is 85.5 cm³/mol. The number of carbonyl (C=O) groups is 1. The molecule has 1 aromatic heterocycles. The smallest absolute Gasteiger partial charge is 0.286 e. The van der Waals surface area contributed by atoms with Gasteiger partial charge in [0.1, 0.15) is 5.56 Å². The molecule has 7 heteroatoms. The Morgan fingerprint density at radius 2 is 2.04 bits per heavy atom. The van der Waals surface area contributed by atoms with Gasteiger partial charge in [-0.3, -0.25) is 19.7 Å². The van der Waals surface area contributed by atoms with Crippen LogP contribution in [0.4, 0.5) is 5.69 Å². The van der Waals surface area contributed by atoms with Crippen LogP contribution in [0.25, 0.3) is 0 Å². The number of hydrogen-bond acceptors (Lipinski definition) is 4. The van der Waals surface area contributed by atoms with Gasteiger partial charge in [0.25, 0.3) is 17.2 Å². The molecule has 0 radical (unpaired) electrons. The highest BCUT2D eigenvalue weighted by Crippen LogP contribution is 2.17. The molecule has 0 spiro atoms. The van der Waals surface area contributed by atoms with Crippen molar-refractivity contribution in [3.63, 3.8) is 0 Å². The molecule has 0 saturated heterocycles. The lowest BCUT2D eigenvalue weighted by Crippen LogP contribution is -2.30. The van der Waals surface area contributed by atoms with Crippen LogP contribution in [0.3, 0.4) is 0 Å². The zero-order valence-electron chi connectivity index (χ0n) is 12.6. The molecule has 0 aliphatic rings. The second-order valence-electron chi connectivity index (χ2n) is 5.21. The van der Waals surface area contributed by atoms with E-state index in [9.17, 15) is 19.7 Å². The van der Waals surface area contributed by atoms with Gasteiger partial charge in [-0.2, -0.15) is 0 Å². The van der Waals surface area contributed by atoms with Crippen LogP contribution in [0.2, 0.25) is 0 Å². The van der Waals surface area contributed by atoms with Gasteiger partial charge in [-0.15, -0.1) is 0 Å². The maximum absolute atomic E-state index is 12.0. The van der Waals surface area contributed by atoms with Crippen molar-refractivity contribution in [2.75, 3.05) is 6.54 Å². The van der Waals surface area contributed by atoms with Crippen molar-refractivity contribution in [2.24, 2.45) is 0 Å². The minimum atomic E-state index is -0.663. The Morgan fingerprint density at radius 3 is 2.70 bits per heavy atom. The van der Waals surface area contributed by atoms with Gasteiger partial charge in [0.2, 0.25) is 0 Å². The summed E-state index contributed by atoms with van der Waals surface area (Å²) in [5, 5.41) is 13.3. The monoisotopic (exact) mass is 315 g/mol. The zero-order valence-corrected chi connectivity index (χ0v) is 12.6. The Labute approximate surface area is 132 Å². The van der Waals surface area contributed by atoms with Crippen molar-refractivity contribution >= 4 is 11.6 Å². The number of carbonyl (C=O) groups excluding carboxylic acids is 1. The summed E-state index contributed by atoms with van der Waals surface area (Å²) in [6.45, 7) is 2.42. The number of benzene rings is 1. The summed E-state index contributed by atoms with van der Waals surface area (Å²) in [4.78, 5) is 35.9. The molecule has 23 heavy (non-hydrogen) atoms. The molecule has 0 fully saturated rings. The number of rotatable bonds is 6. The molecule has 2 aromatic rings. The first-order valence-corrected chi connectivity index (χ1v) is 7.19. The van der Waals surface area contributed by atoms with Gasteiger partial charge in [-0.05, 0) is 17.9 Å². The summed E-state index contributed by atoms with van der Waals surface area (Å²) in [5.41, 5.74) is -0.0712. The van der Waals surface area contributed by atoms with E-state index in [2.05, 4.69) is 10.3 Å². The molecule has 2 rings (SSSR count). The average molecular weight is 315 g/mol. The number of nitro groups is 1. The first-order chi connectivity index (χ1) is 11.0. The van der Waals surface area contributed by atoms with E-state index in [1.807, 2.05) is 37.3 Å². The molecule has 7 nitrogen and oxygen atoms in total. The minimum Gasteiger partial charge on any atom is -0.352 e. The summed E-state index contributed by atoms with van der Waals surface area (Å²) in [6.07, 6.45) is 1.67. The first-order valence-electron chi connectivity index (χ1n) is 7.19. The fraction of sp³-hybridized carbons (Fsp3) is 0.250. The molecular formula is C16H17N3O4. The second kappa shape index (κ2) is 7.35. The quantitative estimate of drug-likeness (QED) is 0.629. The van der Waals surface area contributed by atoms with E-state index >= 15 is 0 Å². The highest BCUT2D eigenvalue weighted by atomic mass is 16.6. The Bertz CT molecular complexity index is 755. The topological polar surface area (TPSA) is 105 Å². The number of pyridine rings is 1. The SMILES string of the molecule is CC(CCNC(=O)c1cc([N+](=O)[O-])c[nH]c1=O)c1ccccc1. The van der Waals surface area contributed by atoms with Crippen molar-refractivity contribution in [3.8, 4) is 0 Å². The van der Waals surface area contributed by atoms with Crippen LogP contribution in [-0.2, 0) is 0 Å². The Kier molecular flexibility index (Phi) is 5.24. The second-order valence-corrected chi connectivity index (χ2v) is 5.21. The Morgan fingerprint density at radius 1 is 1.35 bits per heavy atom. The van der Waals surface area contributed by atoms with E-state index in [4.69, 9.17) is 0 Å². The number of nitrogens with zero attached hydrogens (tertiary/aromatic N) is 1. The van der Waals surface area contributed by atoms with E-state index in [1.165, 1.54) is 0 Å². The molecule has 0 aliphatic carbocycles. The molecule has 1 amide bonds. The molecule has 0 aliphatic heterocycles. The van der Waals surface area contributed by atoms with Crippen molar-refractivity contribution < 1.29 is 9.72 Å². The molecular weight excluding hydrogens is 298 g/mol. The van der Waals surface area contributed by atoms with Gasteiger partial charge in [0.05, 0.1) is 11.1 Å². The van der Waals surface area contributed by atoms with E-state index in [0.29, 0.717) is 13.0 Å². The summed E-state index contributed by atoms with van der Waals surface area (Å²) >= 11 is 0. The van der Waals surface area contributed by atoms with Gasteiger partial charge in [0, 0.05) is 12.6 Å². The molecule has 1 heterocycles. The summed E-state index contributed by atoms with van der Waals surface area (Å²) in [7, 11) is 0. The third-order valence-electron chi connectivity index (χ3n) is 3.57. The number of hydrogen-bond donors (Lipinski definition) is 2. The number of aromatic nitrogens is 1. The maximum atomic E-state index is 12.0. The van der Waals surface area contributed by atoms with Gasteiger partial charge in [-0.25, -0.2) is 0 Å². The van der Waals surface area contributed by atoms with Crippen LogP contribution in [0, 0.1) is 10.1 Å². The van der Waals surface area contributed by atoms with Crippen molar-refractivity contribution in [3.05, 3.63) is 74.2 Å². The van der Waals surface area contributed by atoms with Crippen LogP contribution >= 0.6 is 0 Å². The first kappa shape index (κ1) is 16.4. The summed E-state index contributed by atoms with van der Waals surface area (Å²) < 4.78 is 0. The van der Waals surface area contributed by atoms with E-state index in [-0.39, 0.29) is 17.2 Å². The van der Waals surface area contributed by atoms with Crippen LogP contribution in [0.5, 0.6) is 0 Å². The van der Waals surface area contributed by atoms with Crippen LogP contribution < -0.4 is 10.9 Å². The molecule has 0 saturated carbocycles. The lowest BCUT2D eigenvalue weighted by molar-refractivity contribution is -0.385. The molecule has 1 unspecified atom stereocenters. The third-order valence-corrected chi connectivity index (χ3v) is 3.57. The van der Waals surface area contributed by atoms with Gasteiger partial charge in [0.15, 0.2) is 0 Å². The van der Waals surface area contributed by atoms with Crippen LogP contribution in [-0.4, -0.2) is 22.4 Å². The lowest BCUT2D eigenvalue weighted by atomic mass is 9.98. The van der Waals surface area contributed by atoms with E-state index in [0.717, 1.165) is 17.8 Å². The minimum absolute atomic E-state index is 0.250. The average Bonchev–Trinajstić information content (AvgIpc) is 2.55. The van der Waals surface area contributed by atoms with Gasteiger partial charge < -0.3 is 10.3 Å². The third kappa shape index (κ3) is 4.26. The van der Waals surface area contributed by atoms with Gasteiger partial charge in [-0.1, -0.05) is 37.3 Å². The predicted octanol–water partition coefficient (Wildman–Crippen LogP) is 2.21. The normalized spacial score (nSPS) is 11.7. The van der Waals surface area contributed by atoms with Crippen LogP contribution in [0.1, 0.15) is 35.2 Å². The lowest BCUT2D eigenvalue weighted by Gasteiger charge is -2.12. The largest absolute Gasteiger partial charge is 0.352 e. The summed E-state index contributed by atoms with van der Waals surface area (Å²) in [6, 6.07) is 10.8. The highest BCUT2D eigenvalue weighted by Gasteiger charge is 2.16. The fourth-order valence-electron chi connectivity index (χ4n) is 2.19. The van der Waals surface area contributed by atoms with Crippen molar-refractivity contribution in [1.82, 2.24) is 10.3 Å². The number of H-pyrrole nitrogens is 1. The van der Waals surface area contributed by atoms with Crippen LogP contribution in [0.15, 0.2) is 47.4 Å². The fourth-order valence-corrected chi connectivity index (χ4v) is 2.19.